The van der Waals surface area contributed by atoms with Crippen molar-refractivity contribution in [3.8, 4) is 0 Å². The number of nitrogens with one attached hydrogen (secondary N) is 1. The average molecular weight is 273 g/mol. The minimum Gasteiger partial charge on any atom is -0.394 e. The zero-order valence-corrected chi connectivity index (χ0v) is 12.8. The quantitative estimate of drug-likeness (QED) is 0.632. The first-order valence-electron chi connectivity index (χ1n) is 7.70. The minimum absolute atomic E-state index is 0.151. The minimum atomic E-state index is -0.151. The third kappa shape index (κ3) is 6.21. The Labute approximate surface area is 117 Å². The Balaban J connectivity index is 2.31. The highest BCUT2D eigenvalue weighted by Crippen LogP contribution is 2.30. The van der Waals surface area contributed by atoms with Gasteiger partial charge in [-0.25, -0.2) is 0 Å². The van der Waals surface area contributed by atoms with Crippen molar-refractivity contribution in [2.45, 2.75) is 70.6 Å². The fourth-order valence-electron chi connectivity index (χ4n) is 2.90. The topological polar surface area (TPSA) is 50.7 Å². The molecule has 2 unspecified atom stereocenters. The van der Waals surface area contributed by atoms with Crippen LogP contribution in [0.5, 0.6) is 0 Å². The van der Waals surface area contributed by atoms with Crippen molar-refractivity contribution in [2.75, 3.05) is 26.4 Å². The normalized spacial score (nSPS) is 27.9. The third-order valence-electron chi connectivity index (χ3n) is 3.63. The Morgan fingerprint density at radius 2 is 2.11 bits per heavy atom. The lowest BCUT2D eigenvalue weighted by Gasteiger charge is -2.41. The summed E-state index contributed by atoms with van der Waals surface area (Å²) in [7, 11) is 0. The van der Waals surface area contributed by atoms with Crippen LogP contribution in [0, 0.1) is 0 Å². The first-order valence-corrected chi connectivity index (χ1v) is 7.70. The van der Waals surface area contributed by atoms with E-state index in [1.54, 1.807) is 0 Å². The molecule has 0 aliphatic heterocycles. The summed E-state index contributed by atoms with van der Waals surface area (Å²) in [6, 6.07) is 0.388. The van der Waals surface area contributed by atoms with Gasteiger partial charge in [0.25, 0.3) is 0 Å². The van der Waals surface area contributed by atoms with E-state index in [0.717, 1.165) is 38.7 Å². The van der Waals surface area contributed by atoms with Crippen LogP contribution < -0.4 is 5.32 Å². The molecule has 0 radical (unpaired) electrons. The van der Waals surface area contributed by atoms with Gasteiger partial charge >= 0.3 is 0 Å². The number of rotatable bonds is 9. The van der Waals surface area contributed by atoms with Crippen LogP contribution in [0.2, 0.25) is 0 Å². The van der Waals surface area contributed by atoms with Crippen LogP contribution >= 0.6 is 0 Å². The number of aliphatic hydroxyl groups excluding tert-OH is 1. The van der Waals surface area contributed by atoms with Crippen molar-refractivity contribution in [2.24, 2.45) is 0 Å². The van der Waals surface area contributed by atoms with Crippen LogP contribution in [0.4, 0.5) is 0 Å². The molecule has 1 aliphatic rings. The van der Waals surface area contributed by atoms with Crippen molar-refractivity contribution in [1.82, 2.24) is 5.32 Å². The predicted molar refractivity (Wildman–Crippen MR) is 77.4 cm³/mol. The van der Waals surface area contributed by atoms with Gasteiger partial charge in [-0.1, -0.05) is 20.8 Å². The van der Waals surface area contributed by atoms with Gasteiger partial charge in [-0.05, 0) is 32.1 Å². The maximum Gasteiger partial charge on any atom is 0.0704 e. The monoisotopic (exact) mass is 273 g/mol. The molecule has 2 N–H and O–H groups in total. The molecule has 1 aliphatic carbocycles. The molecule has 0 heterocycles. The Hall–Kier alpha value is -0.160. The second-order valence-corrected chi connectivity index (χ2v) is 5.94. The Morgan fingerprint density at radius 1 is 1.32 bits per heavy atom. The van der Waals surface area contributed by atoms with Crippen LogP contribution in [0.25, 0.3) is 0 Å². The molecule has 1 saturated carbocycles. The summed E-state index contributed by atoms with van der Waals surface area (Å²) in [5.41, 5.74) is -0.151. The number of ether oxygens (including phenoxy) is 2. The first-order chi connectivity index (χ1) is 9.12. The lowest BCUT2D eigenvalue weighted by atomic mass is 9.80. The van der Waals surface area contributed by atoms with Crippen LogP contribution in [0.15, 0.2) is 0 Å². The van der Waals surface area contributed by atoms with E-state index in [-0.39, 0.29) is 18.2 Å². The molecule has 0 saturated heterocycles. The van der Waals surface area contributed by atoms with Gasteiger partial charge in [0.15, 0.2) is 0 Å². The molecule has 0 amide bonds. The molecule has 0 aromatic heterocycles. The summed E-state index contributed by atoms with van der Waals surface area (Å²) in [4.78, 5) is 0. The Morgan fingerprint density at radius 3 is 2.74 bits per heavy atom. The van der Waals surface area contributed by atoms with Crippen LogP contribution in [-0.4, -0.2) is 49.2 Å². The van der Waals surface area contributed by atoms with Crippen molar-refractivity contribution in [1.29, 1.82) is 0 Å². The van der Waals surface area contributed by atoms with Gasteiger partial charge in [0.2, 0.25) is 0 Å². The lowest BCUT2D eigenvalue weighted by molar-refractivity contribution is -0.0391. The van der Waals surface area contributed by atoms with Gasteiger partial charge in [0, 0.05) is 18.2 Å². The lowest BCUT2D eigenvalue weighted by Crippen LogP contribution is -2.55. The van der Waals surface area contributed by atoms with Gasteiger partial charge in [0.1, 0.15) is 0 Å². The van der Waals surface area contributed by atoms with Crippen LogP contribution in [0.3, 0.4) is 0 Å². The average Bonchev–Trinajstić information content (AvgIpc) is 2.38. The van der Waals surface area contributed by atoms with E-state index in [2.05, 4.69) is 26.1 Å². The largest absolute Gasteiger partial charge is 0.394 e. The number of hydrogen-bond acceptors (Lipinski definition) is 4. The molecule has 0 aromatic rings. The second kappa shape index (κ2) is 8.90. The molecule has 1 fully saturated rings. The molecule has 0 spiro atoms. The van der Waals surface area contributed by atoms with Gasteiger partial charge in [-0.2, -0.15) is 0 Å². The maximum atomic E-state index is 9.71. The van der Waals surface area contributed by atoms with E-state index in [1.807, 2.05) is 0 Å². The summed E-state index contributed by atoms with van der Waals surface area (Å²) in [5, 5.41) is 13.2. The molecule has 0 aromatic carbocycles. The van der Waals surface area contributed by atoms with Gasteiger partial charge in [-0.3, -0.25) is 0 Å². The van der Waals surface area contributed by atoms with E-state index in [0.29, 0.717) is 19.3 Å². The summed E-state index contributed by atoms with van der Waals surface area (Å²) < 4.78 is 11.3. The molecule has 4 heteroatoms. The summed E-state index contributed by atoms with van der Waals surface area (Å²) in [6.45, 7) is 8.69. The summed E-state index contributed by atoms with van der Waals surface area (Å²) >= 11 is 0. The molecule has 0 bridgehead atoms. The highest BCUT2D eigenvalue weighted by atomic mass is 16.5. The fourth-order valence-corrected chi connectivity index (χ4v) is 2.90. The van der Waals surface area contributed by atoms with E-state index < -0.39 is 0 Å². The summed E-state index contributed by atoms with van der Waals surface area (Å²) in [6.07, 6.45) is 5.44. The van der Waals surface area contributed by atoms with Crippen molar-refractivity contribution < 1.29 is 14.6 Å². The number of hydrogen-bond donors (Lipinski definition) is 2. The molecule has 114 valence electrons. The summed E-state index contributed by atoms with van der Waals surface area (Å²) in [5.74, 6) is 0. The van der Waals surface area contributed by atoms with Crippen LogP contribution in [0.1, 0.15) is 52.9 Å². The smallest absolute Gasteiger partial charge is 0.0704 e. The maximum absolute atomic E-state index is 9.71. The molecule has 4 nitrogen and oxygen atoms in total. The van der Waals surface area contributed by atoms with Gasteiger partial charge < -0.3 is 19.9 Å². The Bertz CT molecular complexity index is 235. The fraction of sp³-hybridized carbons (Fsp3) is 1.00. The van der Waals surface area contributed by atoms with E-state index in [4.69, 9.17) is 9.47 Å². The zero-order valence-electron chi connectivity index (χ0n) is 12.8. The third-order valence-corrected chi connectivity index (χ3v) is 3.63. The van der Waals surface area contributed by atoms with Gasteiger partial charge in [-0.15, -0.1) is 0 Å². The zero-order chi connectivity index (χ0) is 14.1. The molecule has 2 atom stereocenters. The Kier molecular flexibility index (Phi) is 7.91. The first kappa shape index (κ1) is 16.9. The highest BCUT2D eigenvalue weighted by molar-refractivity contribution is 4.94. The highest BCUT2D eigenvalue weighted by Gasteiger charge is 2.36. The van der Waals surface area contributed by atoms with E-state index in [9.17, 15) is 5.11 Å². The van der Waals surface area contributed by atoms with Crippen LogP contribution in [-0.2, 0) is 9.47 Å². The molecule has 1 rings (SSSR count). The van der Waals surface area contributed by atoms with Crippen molar-refractivity contribution in [3.63, 3.8) is 0 Å². The van der Waals surface area contributed by atoms with E-state index >= 15 is 0 Å². The number of aliphatic hydroxyl groups is 1. The predicted octanol–water partition coefficient (Wildman–Crippen LogP) is 2.10. The molecular formula is C15H31NO3. The SMILES string of the molecule is CCCOCCOC1CCCC(CO)(NC(C)C)C1. The molecule has 19 heavy (non-hydrogen) atoms. The van der Waals surface area contributed by atoms with Crippen molar-refractivity contribution in [3.05, 3.63) is 0 Å². The second-order valence-electron chi connectivity index (χ2n) is 5.94. The van der Waals surface area contributed by atoms with Crippen molar-refractivity contribution >= 4 is 0 Å². The standard InChI is InChI=1S/C15H31NO3/c1-4-8-18-9-10-19-14-6-5-7-15(11-14,12-17)16-13(2)3/h13-14,16-17H,4-12H2,1-3H3. The van der Waals surface area contributed by atoms with E-state index in [1.165, 1.54) is 0 Å². The molecular weight excluding hydrogens is 242 g/mol. The van der Waals surface area contributed by atoms with Gasteiger partial charge in [0.05, 0.1) is 25.9 Å².